The molecular weight excluding hydrogens is 476 g/mol. The quantitative estimate of drug-likeness (QED) is 0.539. The van der Waals surface area contributed by atoms with Gasteiger partial charge in [-0.3, -0.25) is 19.7 Å². The number of carboxylic acid groups (broad SMARTS) is 1. The third-order valence-electron chi connectivity index (χ3n) is 6.35. The van der Waals surface area contributed by atoms with Crippen LogP contribution in [0.15, 0.2) is 46.9 Å². The van der Waals surface area contributed by atoms with Crippen molar-refractivity contribution < 1.29 is 24.6 Å². The van der Waals surface area contributed by atoms with E-state index in [0.717, 1.165) is 10.5 Å². The molecule has 32 heavy (non-hydrogen) atoms. The Hall–Kier alpha value is -2.71. The van der Waals surface area contributed by atoms with E-state index in [-0.39, 0.29) is 18.1 Å². The average molecular weight is 501 g/mol. The second kappa shape index (κ2) is 8.01. The number of nitrogens with zero attached hydrogens (tertiary/aromatic N) is 1. The van der Waals surface area contributed by atoms with Crippen molar-refractivity contribution in [2.75, 3.05) is 4.90 Å². The van der Waals surface area contributed by atoms with Crippen LogP contribution in [0.4, 0.5) is 5.69 Å². The molecule has 3 N–H and O–H groups in total. The number of anilines is 1. The van der Waals surface area contributed by atoms with Gasteiger partial charge in [-0.15, -0.1) is 0 Å². The highest BCUT2D eigenvalue weighted by molar-refractivity contribution is 9.10. The Labute approximate surface area is 194 Å². The second-order valence-corrected chi connectivity index (χ2v) is 9.97. The molecule has 0 bridgehead atoms. The number of rotatable bonds is 5. The van der Waals surface area contributed by atoms with Crippen molar-refractivity contribution in [2.45, 2.75) is 38.8 Å². The molecule has 0 saturated carbocycles. The fourth-order valence-electron chi connectivity index (χ4n) is 5.18. The summed E-state index contributed by atoms with van der Waals surface area (Å²) in [6, 6.07) is 11.0. The summed E-state index contributed by atoms with van der Waals surface area (Å²) in [6.07, 6.45) is 0.162. The Kier molecular flexibility index (Phi) is 5.63. The number of aryl methyl sites for hydroxylation is 1. The molecule has 2 fully saturated rings. The fourth-order valence-corrected chi connectivity index (χ4v) is 5.56. The van der Waals surface area contributed by atoms with Crippen LogP contribution in [0.5, 0.6) is 5.75 Å². The van der Waals surface area contributed by atoms with Gasteiger partial charge in [-0.25, -0.2) is 4.90 Å². The third-order valence-corrected chi connectivity index (χ3v) is 6.84. The maximum atomic E-state index is 13.7. The van der Waals surface area contributed by atoms with Crippen molar-refractivity contribution in [3.63, 3.8) is 0 Å². The number of aromatic hydroxyl groups is 1. The van der Waals surface area contributed by atoms with Crippen LogP contribution in [-0.2, 0) is 14.4 Å². The minimum atomic E-state index is -1.64. The average Bonchev–Trinajstić information content (AvgIpc) is 3.18. The SMILES string of the molecule is Cc1cccc(N2C(=O)[C@@H]3[C@H](c4cc(Br)ccc4O)N[C@](CC(C)C)(C(=O)O)[C@H]3C2=O)c1. The van der Waals surface area contributed by atoms with Gasteiger partial charge in [0.2, 0.25) is 11.8 Å². The minimum Gasteiger partial charge on any atom is -0.508 e. The van der Waals surface area contributed by atoms with E-state index in [1.54, 1.807) is 30.3 Å². The van der Waals surface area contributed by atoms with Gasteiger partial charge in [-0.1, -0.05) is 41.9 Å². The minimum absolute atomic E-state index is 0.0509. The van der Waals surface area contributed by atoms with E-state index in [4.69, 9.17) is 0 Å². The molecule has 0 aromatic heterocycles. The first-order valence-corrected chi connectivity index (χ1v) is 11.3. The summed E-state index contributed by atoms with van der Waals surface area (Å²) in [5, 5.41) is 24.0. The van der Waals surface area contributed by atoms with E-state index in [1.165, 1.54) is 6.07 Å². The van der Waals surface area contributed by atoms with Crippen LogP contribution in [0, 0.1) is 24.7 Å². The van der Waals surface area contributed by atoms with Crippen molar-refractivity contribution in [3.8, 4) is 5.75 Å². The number of hydrogen-bond acceptors (Lipinski definition) is 5. The van der Waals surface area contributed by atoms with Crippen LogP contribution in [0.3, 0.4) is 0 Å². The van der Waals surface area contributed by atoms with Crippen LogP contribution in [-0.4, -0.2) is 33.5 Å². The van der Waals surface area contributed by atoms with E-state index < -0.39 is 41.2 Å². The number of phenols is 1. The molecule has 0 spiro atoms. The Morgan fingerprint density at radius 3 is 2.53 bits per heavy atom. The number of fused-ring (bicyclic) bond motifs is 1. The van der Waals surface area contributed by atoms with Crippen LogP contribution in [0.1, 0.15) is 37.4 Å². The van der Waals surface area contributed by atoms with Crippen LogP contribution >= 0.6 is 15.9 Å². The highest BCUT2D eigenvalue weighted by Crippen LogP contribution is 2.53. The lowest BCUT2D eigenvalue weighted by atomic mass is 9.75. The zero-order valence-corrected chi connectivity index (χ0v) is 19.6. The van der Waals surface area contributed by atoms with Gasteiger partial charge in [-0.2, -0.15) is 0 Å². The summed E-state index contributed by atoms with van der Waals surface area (Å²) in [5.41, 5.74) is 0.0546. The molecule has 2 amide bonds. The topological polar surface area (TPSA) is 107 Å². The van der Waals surface area contributed by atoms with Gasteiger partial charge in [0.15, 0.2) is 0 Å². The van der Waals surface area contributed by atoms with E-state index in [2.05, 4.69) is 21.2 Å². The highest BCUT2D eigenvalue weighted by Gasteiger charge is 2.68. The largest absolute Gasteiger partial charge is 0.508 e. The van der Waals surface area contributed by atoms with Crippen molar-refractivity contribution in [1.29, 1.82) is 0 Å². The molecule has 2 aromatic carbocycles. The molecule has 8 heteroatoms. The summed E-state index contributed by atoms with van der Waals surface area (Å²) in [7, 11) is 0. The van der Waals surface area contributed by atoms with Crippen LogP contribution in [0.2, 0.25) is 0 Å². The number of hydrogen-bond donors (Lipinski definition) is 3. The van der Waals surface area contributed by atoms with Crippen molar-refractivity contribution in [3.05, 3.63) is 58.1 Å². The summed E-state index contributed by atoms with van der Waals surface area (Å²) in [4.78, 5) is 41.1. The number of benzene rings is 2. The van der Waals surface area contributed by atoms with Crippen molar-refractivity contribution in [1.82, 2.24) is 5.32 Å². The highest BCUT2D eigenvalue weighted by atomic mass is 79.9. The van der Waals surface area contributed by atoms with E-state index in [0.29, 0.717) is 15.7 Å². The fraction of sp³-hybridized carbons (Fsp3) is 0.375. The molecule has 168 valence electrons. The molecule has 4 atom stereocenters. The number of phenolic OH excluding ortho intramolecular Hbond substituents is 1. The standard InChI is InChI=1S/C24H25BrN2O5/c1-12(2)11-24(23(31)32)19-18(20(26-24)16-10-14(25)7-8-17(16)28)21(29)27(22(19)30)15-6-4-5-13(3)9-15/h4-10,12,18-20,26,28H,11H2,1-3H3,(H,31,32)/t18-,19+,20-,24-/m0/s1. The van der Waals surface area contributed by atoms with Crippen molar-refractivity contribution in [2.24, 2.45) is 17.8 Å². The lowest BCUT2D eigenvalue weighted by molar-refractivity contribution is -0.149. The predicted molar refractivity (Wildman–Crippen MR) is 122 cm³/mol. The van der Waals surface area contributed by atoms with E-state index in [1.807, 2.05) is 26.8 Å². The molecular formula is C24H25BrN2O5. The van der Waals surface area contributed by atoms with Gasteiger partial charge in [0.25, 0.3) is 0 Å². The van der Waals surface area contributed by atoms with Gasteiger partial charge in [-0.05, 0) is 55.2 Å². The molecule has 4 rings (SSSR count). The smallest absolute Gasteiger partial charge is 0.324 e. The van der Waals surface area contributed by atoms with Gasteiger partial charge in [0.1, 0.15) is 11.3 Å². The molecule has 7 nitrogen and oxygen atoms in total. The monoisotopic (exact) mass is 500 g/mol. The normalized spacial score (nSPS) is 27.3. The van der Waals surface area contributed by atoms with Crippen molar-refractivity contribution >= 4 is 39.4 Å². The van der Waals surface area contributed by atoms with Gasteiger partial charge in [0, 0.05) is 16.1 Å². The lowest BCUT2D eigenvalue weighted by Crippen LogP contribution is -2.56. The lowest BCUT2D eigenvalue weighted by Gasteiger charge is -2.32. The summed E-state index contributed by atoms with van der Waals surface area (Å²) >= 11 is 3.38. The summed E-state index contributed by atoms with van der Waals surface area (Å²) < 4.78 is 0.674. The molecule has 2 aromatic rings. The second-order valence-electron chi connectivity index (χ2n) is 9.05. The molecule has 2 heterocycles. The number of nitrogens with one attached hydrogen (secondary N) is 1. The zero-order valence-electron chi connectivity index (χ0n) is 18.0. The number of carbonyl (C=O) groups excluding carboxylic acids is 2. The van der Waals surface area contributed by atoms with Gasteiger partial charge >= 0.3 is 5.97 Å². The number of imide groups is 1. The van der Waals surface area contributed by atoms with E-state index in [9.17, 15) is 24.6 Å². The zero-order chi connectivity index (χ0) is 23.4. The Bertz CT molecular complexity index is 1120. The molecule has 2 aliphatic rings. The number of aliphatic carboxylic acids is 1. The predicted octanol–water partition coefficient (Wildman–Crippen LogP) is 3.78. The first kappa shape index (κ1) is 22.5. The van der Waals surface area contributed by atoms with Crippen LogP contribution < -0.4 is 10.2 Å². The third kappa shape index (κ3) is 3.42. The van der Waals surface area contributed by atoms with Crippen LogP contribution in [0.25, 0.3) is 0 Å². The van der Waals surface area contributed by atoms with E-state index >= 15 is 0 Å². The maximum absolute atomic E-state index is 13.7. The first-order valence-electron chi connectivity index (χ1n) is 10.5. The summed E-state index contributed by atoms with van der Waals surface area (Å²) in [5.74, 6) is -4.34. The Morgan fingerprint density at radius 2 is 1.91 bits per heavy atom. The molecule has 0 unspecified atom stereocenters. The maximum Gasteiger partial charge on any atom is 0.324 e. The Morgan fingerprint density at radius 1 is 1.19 bits per heavy atom. The number of carbonyl (C=O) groups is 3. The van der Waals surface area contributed by atoms with Gasteiger partial charge < -0.3 is 10.2 Å². The number of halogens is 1. The number of amides is 2. The molecule has 2 aliphatic heterocycles. The molecule has 0 aliphatic carbocycles. The first-order chi connectivity index (χ1) is 15.1. The number of carboxylic acids is 1. The Balaban J connectivity index is 1.91. The van der Waals surface area contributed by atoms with Gasteiger partial charge in [0.05, 0.1) is 17.5 Å². The summed E-state index contributed by atoms with van der Waals surface area (Å²) in [6.45, 7) is 5.62. The molecule has 2 saturated heterocycles. The molecule has 0 radical (unpaired) electrons.